The molecule has 0 spiro atoms. The molecule has 0 saturated carbocycles. The number of hydrogen-bond acceptors (Lipinski definition) is 2. The Morgan fingerprint density at radius 2 is 1.77 bits per heavy atom. The van der Waals surface area contributed by atoms with E-state index in [-0.39, 0.29) is 11.9 Å². The molecule has 0 aromatic carbocycles. The number of carbonyl (C=O) groups is 1. The van der Waals surface area contributed by atoms with Gasteiger partial charge in [-0.05, 0) is 6.42 Å². The molecule has 5 heteroatoms. The van der Waals surface area contributed by atoms with Crippen molar-refractivity contribution in [2.24, 2.45) is 5.73 Å². The Morgan fingerprint density at radius 3 is 2.31 bits per heavy atom. The molecular weight excluding hydrogens is 168 g/mol. The molecule has 5 nitrogen and oxygen atoms in total. The highest BCUT2D eigenvalue weighted by molar-refractivity contribution is 5.75. The van der Waals surface area contributed by atoms with Crippen LogP contribution < -0.4 is 5.73 Å². The van der Waals surface area contributed by atoms with Crippen LogP contribution in [0.4, 0.5) is 0 Å². The highest BCUT2D eigenvalue weighted by atomic mass is 16.2. The molecule has 0 aromatic heterocycles. The van der Waals surface area contributed by atoms with Gasteiger partial charge in [0, 0.05) is 33.1 Å². The van der Waals surface area contributed by atoms with Gasteiger partial charge in [-0.3, -0.25) is 10.2 Å². The maximum absolute atomic E-state index is 11.1. The summed E-state index contributed by atoms with van der Waals surface area (Å²) in [6, 6.07) is 0. The van der Waals surface area contributed by atoms with Gasteiger partial charge in [0.25, 0.3) is 0 Å². The first-order valence-corrected chi connectivity index (χ1v) is 4.45. The molecule has 1 rings (SSSR count). The van der Waals surface area contributed by atoms with Gasteiger partial charge in [0.05, 0.1) is 0 Å². The van der Waals surface area contributed by atoms with E-state index in [9.17, 15) is 4.79 Å². The predicted octanol–water partition coefficient (Wildman–Crippen LogP) is -0.566. The summed E-state index contributed by atoms with van der Waals surface area (Å²) in [4.78, 5) is 14.6. The van der Waals surface area contributed by atoms with Crippen molar-refractivity contribution in [1.82, 2.24) is 9.80 Å². The highest BCUT2D eigenvalue weighted by Gasteiger charge is 2.16. The summed E-state index contributed by atoms with van der Waals surface area (Å²) in [7, 11) is 0. The summed E-state index contributed by atoms with van der Waals surface area (Å²) in [5.74, 6) is 0.204. The topological polar surface area (TPSA) is 73.4 Å². The Balaban J connectivity index is 2.48. The third kappa shape index (κ3) is 2.61. The summed E-state index contributed by atoms with van der Waals surface area (Å²) < 4.78 is 0. The standard InChI is InChI=1S/C8H16N4O/c1-7(13)11-3-2-4-12(6-5-11)8(9)10/h2-6H2,1H3,(H3,9,10). The van der Waals surface area contributed by atoms with E-state index in [0.717, 1.165) is 19.5 Å². The Kier molecular flexibility index (Phi) is 3.11. The van der Waals surface area contributed by atoms with Crippen molar-refractivity contribution in [2.45, 2.75) is 13.3 Å². The number of guanidine groups is 1. The van der Waals surface area contributed by atoms with Crippen molar-refractivity contribution in [3.05, 3.63) is 0 Å². The van der Waals surface area contributed by atoms with E-state index in [2.05, 4.69) is 0 Å². The number of hydrogen-bond donors (Lipinski definition) is 2. The summed E-state index contributed by atoms with van der Waals surface area (Å²) >= 11 is 0. The zero-order valence-corrected chi connectivity index (χ0v) is 7.92. The van der Waals surface area contributed by atoms with E-state index >= 15 is 0 Å². The lowest BCUT2D eigenvalue weighted by atomic mass is 10.4. The first kappa shape index (κ1) is 9.83. The van der Waals surface area contributed by atoms with Gasteiger partial charge < -0.3 is 15.5 Å². The third-order valence-electron chi connectivity index (χ3n) is 2.28. The lowest BCUT2D eigenvalue weighted by molar-refractivity contribution is -0.128. The molecule has 13 heavy (non-hydrogen) atoms. The van der Waals surface area contributed by atoms with Crippen LogP contribution >= 0.6 is 0 Å². The molecule has 0 radical (unpaired) electrons. The Hall–Kier alpha value is -1.26. The Bertz CT molecular complexity index is 194. The van der Waals surface area contributed by atoms with Gasteiger partial charge in [0.2, 0.25) is 5.91 Å². The van der Waals surface area contributed by atoms with Gasteiger partial charge >= 0.3 is 0 Å². The second-order valence-electron chi connectivity index (χ2n) is 3.23. The minimum Gasteiger partial charge on any atom is -0.370 e. The average Bonchev–Trinajstić information content (AvgIpc) is 2.27. The molecule has 1 saturated heterocycles. The maximum atomic E-state index is 11.1. The van der Waals surface area contributed by atoms with Crippen LogP contribution in [-0.2, 0) is 4.79 Å². The minimum absolute atomic E-state index is 0.102. The van der Waals surface area contributed by atoms with Gasteiger partial charge in [0.1, 0.15) is 0 Å². The van der Waals surface area contributed by atoms with Crippen molar-refractivity contribution in [2.75, 3.05) is 26.2 Å². The van der Waals surface area contributed by atoms with Crippen LogP contribution in [-0.4, -0.2) is 47.8 Å². The van der Waals surface area contributed by atoms with E-state index in [1.807, 2.05) is 0 Å². The number of carbonyl (C=O) groups excluding carboxylic acids is 1. The van der Waals surface area contributed by atoms with Crippen LogP contribution in [0.25, 0.3) is 0 Å². The zero-order chi connectivity index (χ0) is 9.84. The minimum atomic E-state index is 0.102. The summed E-state index contributed by atoms with van der Waals surface area (Å²) in [5.41, 5.74) is 5.36. The van der Waals surface area contributed by atoms with Gasteiger partial charge in [0.15, 0.2) is 5.96 Å². The van der Waals surface area contributed by atoms with E-state index in [0.29, 0.717) is 13.1 Å². The molecule has 3 N–H and O–H groups in total. The van der Waals surface area contributed by atoms with Crippen LogP contribution in [0.1, 0.15) is 13.3 Å². The molecule has 0 bridgehead atoms. The van der Waals surface area contributed by atoms with Crippen LogP contribution in [0.5, 0.6) is 0 Å². The van der Waals surface area contributed by atoms with Crippen molar-refractivity contribution >= 4 is 11.9 Å². The fourth-order valence-electron chi connectivity index (χ4n) is 1.47. The largest absolute Gasteiger partial charge is 0.370 e. The molecule has 1 fully saturated rings. The molecular formula is C8H16N4O. The van der Waals surface area contributed by atoms with Crippen molar-refractivity contribution < 1.29 is 4.79 Å². The predicted molar refractivity (Wildman–Crippen MR) is 50.4 cm³/mol. The summed E-state index contributed by atoms with van der Waals surface area (Å²) in [6.07, 6.45) is 0.888. The molecule has 0 aromatic rings. The number of nitrogens with one attached hydrogen (secondary N) is 1. The number of amides is 1. The first-order chi connectivity index (χ1) is 6.11. The molecule has 1 amide bonds. The van der Waals surface area contributed by atoms with Gasteiger partial charge in [-0.25, -0.2) is 0 Å². The Labute approximate surface area is 78.0 Å². The lowest BCUT2D eigenvalue weighted by Crippen LogP contribution is -2.39. The monoisotopic (exact) mass is 184 g/mol. The SMILES string of the molecule is CC(=O)N1CCCN(C(=N)N)CC1. The first-order valence-electron chi connectivity index (χ1n) is 4.45. The van der Waals surface area contributed by atoms with Crippen molar-refractivity contribution in [3.8, 4) is 0 Å². The summed E-state index contributed by atoms with van der Waals surface area (Å²) in [6.45, 7) is 4.48. The van der Waals surface area contributed by atoms with Crippen LogP contribution in [0.15, 0.2) is 0 Å². The number of rotatable bonds is 0. The lowest BCUT2D eigenvalue weighted by Gasteiger charge is -2.20. The highest BCUT2D eigenvalue weighted by Crippen LogP contribution is 2.02. The number of nitrogens with zero attached hydrogens (tertiary/aromatic N) is 2. The molecule has 1 aliphatic heterocycles. The fourth-order valence-corrected chi connectivity index (χ4v) is 1.47. The normalized spacial score (nSPS) is 18.2. The van der Waals surface area contributed by atoms with Crippen LogP contribution in [0.3, 0.4) is 0 Å². The van der Waals surface area contributed by atoms with E-state index < -0.39 is 0 Å². The molecule has 74 valence electrons. The average molecular weight is 184 g/mol. The van der Waals surface area contributed by atoms with Crippen LogP contribution in [0.2, 0.25) is 0 Å². The van der Waals surface area contributed by atoms with Crippen molar-refractivity contribution in [3.63, 3.8) is 0 Å². The van der Waals surface area contributed by atoms with Crippen LogP contribution in [0, 0.1) is 5.41 Å². The van der Waals surface area contributed by atoms with Gasteiger partial charge in [-0.15, -0.1) is 0 Å². The zero-order valence-electron chi connectivity index (χ0n) is 7.92. The van der Waals surface area contributed by atoms with E-state index in [1.165, 1.54) is 0 Å². The molecule has 0 unspecified atom stereocenters. The second-order valence-corrected chi connectivity index (χ2v) is 3.23. The van der Waals surface area contributed by atoms with E-state index in [4.69, 9.17) is 11.1 Å². The molecule has 0 atom stereocenters. The smallest absolute Gasteiger partial charge is 0.219 e. The third-order valence-corrected chi connectivity index (χ3v) is 2.28. The maximum Gasteiger partial charge on any atom is 0.219 e. The fraction of sp³-hybridized carbons (Fsp3) is 0.750. The van der Waals surface area contributed by atoms with Gasteiger partial charge in [-0.1, -0.05) is 0 Å². The Morgan fingerprint density at radius 1 is 1.23 bits per heavy atom. The summed E-state index contributed by atoms with van der Waals surface area (Å²) in [5, 5.41) is 7.26. The van der Waals surface area contributed by atoms with Crippen molar-refractivity contribution in [1.29, 1.82) is 5.41 Å². The quantitative estimate of drug-likeness (QED) is 0.391. The number of nitrogens with two attached hydrogens (primary N) is 1. The van der Waals surface area contributed by atoms with Gasteiger partial charge in [-0.2, -0.15) is 0 Å². The second kappa shape index (κ2) is 4.11. The molecule has 0 aliphatic carbocycles. The van der Waals surface area contributed by atoms with E-state index in [1.54, 1.807) is 16.7 Å². The molecule has 1 heterocycles. The molecule has 1 aliphatic rings.